The number of benzene rings is 2. The quantitative estimate of drug-likeness (QED) is 0.452. The summed E-state index contributed by atoms with van der Waals surface area (Å²) in [5.41, 5.74) is 3.97. The molecular weight excluding hydrogens is 494 g/mol. The first-order valence-electron chi connectivity index (χ1n) is 11.5. The second-order valence-corrected chi connectivity index (χ2v) is 10.7. The van der Waals surface area contributed by atoms with E-state index < -0.39 is 0 Å². The first-order valence-corrected chi connectivity index (χ1v) is 13.2. The van der Waals surface area contributed by atoms with Crippen molar-refractivity contribution in [1.82, 2.24) is 14.7 Å². The Balaban J connectivity index is 1.30. The minimum atomic E-state index is -0.301. The van der Waals surface area contributed by atoms with Crippen LogP contribution >= 0.6 is 23.5 Å². The van der Waals surface area contributed by atoms with Crippen LogP contribution in [0.2, 0.25) is 0 Å². The molecule has 2 saturated heterocycles. The van der Waals surface area contributed by atoms with Gasteiger partial charge in [0.05, 0.1) is 9.81 Å². The molecule has 2 aromatic rings. The molecule has 4 rings (SSSR count). The fraction of sp³-hybridized carbons (Fsp3) is 0.259. The number of carbonyl (C=O) groups is 4. The molecule has 186 valence electrons. The summed E-state index contributed by atoms with van der Waals surface area (Å²) in [5.74, 6) is -0.597. The van der Waals surface area contributed by atoms with Gasteiger partial charge in [-0.3, -0.25) is 29.0 Å². The first-order chi connectivity index (χ1) is 17.2. The molecule has 0 radical (unpaired) electrons. The minimum Gasteiger partial charge on any atom is -0.303 e. The predicted molar refractivity (Wildman–Crippen MR) is 145 cm³/mol. The highest BCUT2D eigenvalue weighted by atomic mass is 32.2. The molecule has 7 nitrogen and oxygen atoms in total. The zero-order chi connectivity index (χ0) is 25.8. The number of aryl methyl sites for hydroxylation is 2. The molecule has 4 amide bonds. The first kappa shape index (κ1) is 25.9. The summed E-state index contributed by atoms with van der Waals surface area (Å²) in [4.78, 5) is 55.6. The summed E-state index contributed by atoms with van der Waals surface area (Å²) in [6.45, 7) is 5.34. The van der Waals surface area contributed by atoms with Gasteiger partial charge in [0.2, 0.25) is 0 Å². The maximum atomic E-state index is 12.8. The van der Waals surface area contributed by atoms with Crippen LogP contribution in [0.4, 0.5) is 9.59 Å². The largest absolute Gasteiger partial charge is 0.303 e. The molecule has 0 atom stereocenters. The maximum absolute atomic E-state index is 12.8. The number of hydrogen-bond acceptors (Lipinski definition) is 7. The van der Waals surface area contributed by atoms with Crippen molar-refractivity contribution in [2.45, 2.75) is 13.8 Å². The van der Waals surface area contributed by atoms with Crippen molar-refractivity contribution in [3.05, 3.63) is 80.6 Å². The molecular formula is C27H27N3O4S2. The van der Waals surface area contributed by atoms with E-state index in [1.54, 1.807) is 12.2 Å². The second kappa shape index (κ2) is 11.3. The van der Waals surface area contributed by atoms with Gasteiger partial charge in [-0.2, -0.15) is 0 Å². The standard InChI is InChI=1S/C27H27N3O4S2/c1-18-9-10-21(19(2)15-18)17-23-25(32)30(27(34)36-23)14-12-28(3)11-13-29-24(31)22(35-26(29)33)16-20-7-5-4-6-8-20/h4-10,15-17H,11-14H2,1-3H3/b22-16-,23-17-. The number of hydrogen-bond donors (Lipinski definition) is 0. The van der Waals surface area contributed by atoms with Crippen molar-refractivity contribution in [3.8, 4) is 0 Å². The highest BCUT2D eigenvalue weighted by Crippen LogP contribution is 2.33. The highest BCUT2D eigenvalue weighted by molar-refractivity contribution is 8.18. The Hall–Kier alpha value is -3.14. The lowest BCUT2D eigenvalue weighted by Gasteiger charge is -2.22. The van der Waals surface area contributed by atoms with Crippen molar-refractivity contribution in [2.24, 2.45) is 0 Å². The second-order valence-electron chi connectivity index (χ2n) is 8.74. The van der Waals surface area contributed by atoms with Crippen molar-refractivity contribution in [2.75, 3.05) is 33.2 Å². The summed E-state index contributed by atoms with van der Waals surface area (Å²) in [6.07, 6.45) is 3.49. The average Bonchev–Trinajstić information content (AvgIpc) is 3.26. The van der Waals surface area contributed by atoms with Crippen LogP contribution in [0.1, 0.15) is 22.3 Å². The number of thioether (sulfide) groups is 2. The van der Waals surface area contributed by atoms with Gasteiger partial charge in [0.25, 0.3) is 22.3 Å². The fourth-order valence-electron chi connectivity index (χ4n) is 3.87. The summed E-state index contributed by atoms with van der Waals surface area (Å²) >= 11 is 1.89. The molecule has 0 saturated carbocycles. The number of amides is 4. The molecule has 36 heavy (non-hydrogen) atoms. The van der Waals surface area contributed by atoms with E-state index in [9.17, 15) is 19.2 Å². The highest BCUT2D eigenvalue weighted by Gasteiger charge is 2.36. The van der Waals surface area contributed by atoms with E-state index in [-0.39, 0.29) is 35.4 Å². The van der Waals surface area contributed by atoms with E-state index in [0.29, 0.717) is 22.9 Å². The molecule has 9 heteroatoms. The van der Waals surface area contributed by atoms with Crippen LogP contribution in [0.15, 0.2) is 58.3 Å². The van der Waals surface area contributed by atoms with Gasteiger partial charge in [-0.15, -0.1) is 0 Å². The Labute approximate surface area is 219 Å². The lowest BCUT2D eigenvalue weighted by atomic mass is 10.1. The smallest absolute Gasteiger partial charge is 0.293 e. The summed E-state index contributed by atoms with van der Waals surface area (Å²) in [7, 11) is 1.84. The van der Waals surface area contributed by atoms with Crippen LogP contribution in [0.3, 0.4) is 0 Å². The summed E-state index contributed by atoms with van der Waals surface area (Å²) in [6, 6.07) is 15.4. The normalized spacial score (nSPS) is 18.6. The Morgan fingerprint density at radius 2 is 1.33 bits per heavy atom. The Morgan fingerprint density at radius 3 is 1.89 bits per heavy atom. The van der Waals surface area contributed by atoms with Gasteiger partial charge >= 0.3 is 0 Å². The Bertz CT molecular complexity index is 1270. The van der Waals surface area contributed by atoms with Crippen LogP contribution in [0.25, 0.3) is 12.2 Å². The number of nitrogens with zero attached hydrogens (tertiary/aromatic N) is 3. The zero-order valence-electron chi connectivity index (χ0n) is 20.4. The number of carbonyl (C=O) groups excluding carboxylic acids is 4. The monoisotopic (exact) mass is 521 g/mol. The summed E-state index contributed by atoms with van der Waals surface area (Å²) < 4.78 is 0. The van der Waals surface area contributed by atoms with Gasteiger partial charge in [0.15, 0.2) is 0 Å². The van der Waals surface area contributed by atoms with Crippen molar-refractivity contribution in [1.29, 1.82) is 0 Å². The third-order valence-electron chi connectivity index (χ3n) is 5.97. The zero-order valence-corrected chi connectivity index (χ0v) is 22.0. The van der Waals surface area contributed by atoms with Crippen molar-refractivity contribution in [3.63, 3.8) is 0 Å². The van der Waals surface area contributed by atoms with E-state index in [1.165, 1.54) is 9.80 Å². The lowest BCUT2D eigenvalue weighted by Crippen LogP contribution is -2.40. The van der Waals surface area contributed by atoms with E-state index in [0.717, 1.165) is 45.8 Å². The third kappa shape index (κ3) is 5.98. The number of rotatable bonds is 8. The molecule has 2 aromatic carbocycles. The van der Waals surface area contributed by atoms with Crippen molar-refractivity contribution < 1.29 is 19.2 Å². The van der Waals surface area contributed by atoms with Gasteiger partial charge in [-0.1, -0.05) is 54.1 Å². The topological polar surface area (TPSA) is 78.0 Å². The van der Waals surface area contributed by atoms with Crippen LogP contribution in [-0.2, 0) is 9.59 Å². The van der Waals surface area contributed by atoms with Crippen LogP contribution in [0, 0.1) is 13.8 Å². The molecule has 2 fully saturated rings. The van der Waals surface area contributed by atoms with Crippen LogP contribution in [-0.4, -0.2) is 70.2 Å². The molecule has 0 aromatic heterocycles. The molecule has 0 unspecified atom stereocenters. The predicted octanol–water partition coefficient (Wildman–Crippen LogP) is 5.01. The van der Waals surface area contributed by atoms with Crippen molar-refractivity contribution >= 4 is 58.0 Å². The number of likely N-dealkylation sites (N-methyl/N-ethyl adjacent to an activating group) is 1. The molecule has 2 aliphatic rings. The lowest BCUT2D eigenvalue weighted by molar-refractivity contribution is -0.123. The Kier molecular flexibility index (Phi) is 8.13. The third-order valence-corrected chi connectivity index (χ3v) is 7.78. The maximum Gasteiger partial charge on any atom is 0.293 e. The van der Waals surface area contributed by atoms with E-state index >= 15 is 0 Å². The molecule has 2 aliphatic heterocycles. The van der Waals surface area contributed by atoms with Gasteiger partial charge in [0, 0.05) is 26.2 Å². The fourth-order valence-corrected chi connectivity index (χ4v) is 5.59. The summed E-state index contributed by atoms with van der Waals surface area (Å²) in [5, 5.41) is -0.584. The van der Waals surface area contributed by atoms with Gasteiger partial charge < -0.3 is 4.90 Å². The van der Waals surface area contributed by atoms with Gasteiger partial charge in [-0.05, 0) is 73.3 Å². The molecule has 0 spiro atoms. The minimum absolute atomic E-state index is 0.237. The number of imide groups is 2. The molecule has 0 bridgehead atoms. The van der Waals surface area contributed by atoms with E-state index in [4.69, 9.17) is 0 Å². The Morgan fingerprint density at radius 1 is 0.778 bits per heavy atom. The SMILES string of the molecule is Cc1ccc(/C=C2\SC(=O)N(CCN(C)CCN3C(=O)S/C(=C\c4ccccc4)C3=O)C2=O)c(C)c1. The van der Waals surface area contributed by atoms with Crippen LogP contribution < -0.4 is 0 Å². The van der Waals surface area contributed by atoms with E-state index in [2.05, 4.69) is 0 Å². The molecule has 2 heterocycles. The van der Waals surface area contributed by atoms with Crippen LogP contribution in [0.5, 0.6) is 0 Å². The van der Waals surface area contributed by atoms with E-state index in [1.807, 2.05) is 74.3 Å². The molecule has 0 aliphatic carbocycles. The van der Waals surface area contributed by atoms with Gasteiger partial charge in [0.1, 0.15) is 0 Å². The molecule has 0 N–H and O–H groups in total. The van der Waals surface area contributed by atoms with Gasteiger partial charge in [-0.25, -0.2) is 0 Å². The average molecular weight is 522 g/mol.